The molecular formula is C17H25NO6. The Hall–Kier alpha value is -1.67. The molecule has 0 spiro atoms. The van der Waals surface area contributed by atoms with Crippen LogP contribution in [-0.2, 0) is 9.53 Å². The van der Waals surface area contributed by atoms with Crippen molar-refractivity contribution in [2.75, 3.05) is 13.7 Å². The fraction of sp³-hybridized carbons (Fsp3) is 0.588. The third-order valence-corrected chi connectivity index (χ3v) is 4.18. The van der Waals surface area contributed by atoms with Crippen LogP contribution in [0.5, 0.6) is 5.75 Å². The summed E-state index contributed by atoms with van der Waals surface area (Å²) in [6, 6.07) is 6.21. The highest BCUT2D eigenvalue weighted by molar-refractivity contribution is 5.76. The fourth-order valence-corrected chi connectivity index (χ4v) is 2.84. The van der Waals surface area contributed by atoms with Crippen molar-refractivity contribution in [3.05, 3.63) is 29.8 Å². The minimum Gasteiger partial charge on any atom is -0.497 e. The van der Waals surface area contributed by atoms with Crippen LogP contribution in [0, 0.1) is 0 Å². The van der Waals surface area contributed by atoms with Crippen LogP contribution in [0.3, 0.4) is 0 Å². The van der Waals surface area contributed by atoms with Crippen LogP contribution in [-0.4, -0.2) is 59.3 Å². The molecule has 7 nitrogen and oxygen atoms in total. The molecule has 0 saturated carbocycles. The molecule has 1 heterocycles. The van der Waals surface area contributed by atoms with Gasteiger partial charge in [0.05, 0.1) is 19.8 Å². The van der Waals surface area contributed by atoms with E-state index >= 15 is 0 Å². The normalized spacial score (nSPS) is 30.0. The molecule has 134 valence electrons. The van der Waals surface area contributed by atoms with Gasteiger partial charge < -0.3 is 30.1 Å². The van der Waals surface area contributed by atoms with E-state index in [1.165, 1.54) is 0 Å². The van der Waals surface area contributed by atoms with Crippen LogP contribution in [0.4, 0.5) is 0 Å². The lowest BCUT2D eigenvalue weighted by molar-refractivity contribution is -0.197. The summed E-state index contributed by atoms with van der Waals surface area (Å²) in [4.78, 5) is 12.0. The summed E-state index contributed by atoms with van der Waals surface area (Å²) in [7, 11) is 1.56. The molecule has 1 aliphatic rings. The molecule has 0 unspecified atom stereocenters. The van der Waals surface area contributed by atoms with Gasteiger partial charge in [0.2, 0.25) is 5.91 Å². The molecule has 1 amide bonds. The van der Waals surface area contributed by atoms with Gasteiger partial charge in [-0.1, -0.05) is 19.1 Å². The second-order valence-electron chi connectivity index (χ2n) is 5.88. The van der Waals surface area contributed by atoms with E-state index in [1.54, 1.807) is 31.4 Å². The van der Waals surface area contributed by atoms with Crippen LogP contribution in [0.25, 0.3) is 0 Å². The fourth-order valence-electron chi connectivity index (χ4n) is 2.84. The second-order valence-corrected chi connectivity index (χ2v) is 5.88. The summed E-state index contributed by atoms with van der Waals surface area (Å²) < 4.78 is 10.9. The first kappa shape index (κ1) is 18.7. The Labute approximate surface area is 141 Å². The van der Waals surface area contributed by atoms with Gasteiger partial charge in [0, 0.05) is 6.42 Å². The van der Waals surface area contributed by atoms with Crippen LogP contribution in [0.15, 0.2) is 24.3 Å². The van der Waals surface area contributed by atoms with Crippen molar-refractivity contribution in [1.82, 2.24) is 5.32 Å². The minimum absolute atomic E-state index is 0.224. The number of rotatable bonds is 6. The molecular weight excluding hydrogens is 314 g/mol. The van der Waals surface area contributed by atoms with Gasteiger partial charge in [-0.25, -0.2) is 0 Å². The average Bonchev–Trinajstić information content (AvgIpc) is 2.60. The Morgan fingerprint density at radius 2 is 1.92 bits per heavy atom. The van der Waals surface area contributed by atoms with Gasteiger partial charge >= 0.3 is 0 Å². The van der Waals surface area contributed by atoms with E-state index in [0.717, 1.165) is 0 Å². The number of aliphatic hydroxyl groups is 3. The number of benzene rings is 1. The topological polar surface area (TPSA) is 108 Å². The minimum atomic E-state index is -1.28. The van der Waals surface area contributed by atoms with Gasteiger partial charge in [-0.2, -0.15) is 0 Å². The van der Waals surface area contributed by atoms with Crippen molar-refractivity contribution in [3.63, 3.8) is 0 Å². The molecule has 1 fully saturated rings. The van der Waals surface area contributed by atoms with Crippen molar-refractivity contribution >= 4 is 5.91 Å². The van der Waals surface area contributed by atoms with Gasteiger partial charge in [0.25, 0.3) is 0 Å². The monoisotopic (exact) mass is 339 g/mol. The lowest BCUT2D eigenvalue weighted by Crippen LogP contribution is -2.61. The largest absolute Gasteiger partial charge is 0.497 e. The Morgan fingerprint density at radius 1 is 1.25 bits per heavy atom. The molecule has 24 heavy (non-hydrogen) atoms. The quantitative estimate of drug-likeness (QED) is 0.587. The summed E-state index contributed by atoms with van der Waals surface area (Å²) in [5, 5.41) is 32.6. The molecule has 7 heteroatoms. The zero-order valence-electron chi connectivity index (χ0n) is 13.9. The lowest BCUT2D eigenvalue weighted by Gasteiger charge is -2.43. The van der Waals surface area contributed by atoms with E-state index in [0.29, 0.717) is 24.2 Å². The molecule has 0 aliphatic carbocycles. The van der Waals surface area contributed by atoms with Crippen LogP contribution in [0.1, 0.15) is 31.4 Å². The molecule has 1 aromatic rings. The van der Waals surface area contributed by atoms with Gasteiger partial charge in [-0.05, 0) is 24.1 Å². The number of aliphatic hydroxyl groups excluding tert-OH is 3. The van der Waals surface area contributed by atoms with Crippen molar-refractivity contribution in [2.45, 2.75) is 50.2 Å². The summed E-state index contributed by atoms with van der Waals surface area (Å²) >= 11 is 0. The summed E-state index contributed by atoms with van der Waals surface area (Å²) in [6.45, 7) is 1.45. The molecule has 0 radical (unpaired) electrons. The first-order valence-corrected chi connectivity index (χ1v) is 8.07. The van der Waals surface area contributed by atoms with E-state index in [9.17, 15) is 20.1 Å². The van der Waals surface area contributed by atoms with Gasteiger partial charge in [0.15, 0.2) is 0 Å². The summed E-state index contributed by atoms with van der Waals surface area (Å²) in [5.41, 5.74) is 0.710. The zero-order valence-corrected chi connectivity index (χ0v) is 13.9. The zero-order chi connectivity index (χ0) is 17.7. The van der Waals surface area contributed by atoms with E-state index in [2.05, 4.69) is 5.32 Å². The molecule has 2 rings (SSSR count). The number of amides is 1. The maximum atomic E-state index is 12.0. The number of ether oxygens (including phenoxy) is 2. The number of nitrogens with one attached hydrogen (secondary N) is 1. The van der Waals surface area contributed by atoms with Gasteiger partial charge in [0.1, 0.15) is 30.2 Å². The third kappa shape index (κ3) is 4.05. The molecule has 4 N–H and O–H groups in total. The second kappa shape index (κ2) is 8.43. The first-order chi connectivity index (χ1) is 11.5. The van der Waals surface area contributed by atoms with Crippen LogP contribution < -0.4 is 10.1 Å². The van der Waals surface area contributed by atoms with Crippen LogP contribution >= 0.6 is 0 Å². The van der Waals surface area contributed by atoms with E-state index in [-0.39, 0.29) is 5.91 Å². The van der Waals surface area contributed by atoms with Gasteiger partial charge in [-0.15, -0.1) is 0 Å². The summed E-state index contributed by atoms with van der Waals surface area (Å²) in [6.07, 6.45) is -3.15. The van der Waals surface area contributed by atoms with Gasteiger partial charge in [-0.3, -0.25) is 4.79 Å². The maximum Gasteiger partial charge on any atom is 0.220 e. The third-order valence-electron chi connectivity index (χ3n) is 4.18. The average molecular weight is 339 g/mol. The van der Waals surface area contributed by atoms with Crippen molar-refractivity contribution < 1.29 is 29.6 Å². The highest BCUT2D eigenvalue weighted by Crippen LogP contribution is 2.33. The van der Waals surface area contributed by atoms with E-state index in [1.807, 2.05) is 6.92 Å². The lowest BCUT2D eigenvalue weighted by atomic mass is 9.89. The van der Waals surface area contributed by atoms with Crippen molar-refractivity contribution in [1.29, 1.82) is 0 Å². The predicted octanol–water partition coefficient (Wildman–Crippen LogP) is 0.134. The van der Waals surface area contributed by atoms with Crippen molar-refractivity contribution in [2.24, 2.45) is 0 Å². The smallest absolute Gasteiger partial charge is 0.220 e. The molecule has 0 aromatic heterocycles. The highest BCUT2D eigenvalue weighted by Gasteiger charge is 2.45. The van der Waals surface area contributed by atoms with E-state index < -0.39 is 37.1 Å². The standard InChI is InChI=1S/C17H25NO6/c1-3-4-13(20)18-14-16(22)15(21)12(9-19)24-17(14)10-5-7-11(23-2)8-6-10/h5-8,12,14-17,19,21-22H,3-4,9H2,1-2H3,(H,18,20)/t12-,14-,15+,16-,17+/m1/s1. The number of methoxy groups -OCH3 is 1. The molecule has 1 saturated heterocycles. The Balaban J connectivity index is 2.27. The first-order valence-electron chi connectivity index (χ1n) is 8.07. The van der Waals surface area contributed by atoms with Crippen molar-refractivity contribution in [3.8, 4) is 5.75 Å². The Bertz CT molecular complexity index is 534. The molecule has 5 atom stereocenters. The molecule has 1 aliphatic heterocycles. The number of hydrogen-bond donors (Lipinski definition) is 4. The van der Waals surface area contributed by atoms with Crippen LogP contribution in [0.2, 0.25) is 0 Å². The summed E-state index contributed by atoms with van der Waals surface area (Å²) in [5.74, 6) is 0.443. The number of carbonyl (C=O) groups excluding carboxylic acids is 1. The van der Waals surface area contributed by atoms with E-state index in [4.69, 9.17) is 9.47 Å². The molecule has 1 aromatic carbocycles. The Kier molecular flexibility index (Phi) is 6.56. The Morgan fingerprint density at radius 3 is 2.46 bits per heavy atom. The maximum absolute atomic E-state index is 12.0. The highest BCUT2D eigenvalue weighted by atomic mass is 16.5. The number of carbonyl (C=O) groups is 1. The molecule has 0 bridgehead atoms. The SMILES string of the molecule is CCCC(=O)N[C@@H]1[C@@H](O)[C@@H](O)[C@@H](CO)O[C@H]1c1ccc(OC)cc1. The predicted molar refractivity (Wildman–Crippen MR) is 86.5 cm³/mol. The number of hydrogen-bond acceptors (Lipinski definition) is 6.